The normalized spacial score (nSPS) is 20.4. The first-order valence-electron chi connectivity index (χ1n) is 8.41. The van der Waals surface area contributed by atoms with E-state index in [4.69, 9.17) is 4.42 Å². The molecule has 27 heavy (non-hydrogen) atoms. The fourth-order valence-corrected chi connectivity index (χ4v) is 5.03. The third-order valence-electron chi connectivity index (χ3n) is 4.22. The zero-order chi connectivity index (χ0) is 19.4. The maximum absolute atomic E-state index is 13.0. The van der Waals surface area contributed by atoms with E-state index >= 15 is 0 Å². The molecule has 1 aromatic heterocycles. The summed E-state index contributed by atoms with van der Waals surface area (Å²) in [5.74, 6) is -0.689. The molecule has 0 saturated carbocycles. The molecule has 8 heteroatoms. The van der Waals surface area contributed by atoms with Gasteiger partial charge in [0.2, 0.25) is 11.0 Å². The lowest BCUT2D eigenvalue weighted by Crippen LogP contribution is -2.45. The number of nitrogens with zero attached hydrogens (tertiary/aromatic N) is 1. The van der Waals surface area contributed by atoms with Gasteiger partial charge in [-0.3, -0.25) is 9.59 Å². The van der Waals surface area contributed by atoms with Crippen LogP contribution in [-0.2, 0) is 9.59 Å². The minimum absolute atomic E-state index is 0.108. The van der Waals surface area contributed by atoms with Crippen LogP contribution in [0, 0.1) is 5.92 Å². The van der Waals surface area contributed by atoms with Crippen molar-refractivity contribution in [3.05, 3.63) is 60.1 Å². The first-order chi connectivity index (χ1) is 13.0. The van der Waals surface area contributed by atoms with Crippen LogP contribution in [0.5, 0.6) is 0 Å². The molecule has 1 aromatic carbocycles. The van der Waals surface area contributed by atoms with Crippen molar-refractivity contribution in [2.24, 2.45) is 5.92 Å². The highest BCUT2D eigenvalue weighted by atomic mass is 32.2. The summed E-state index contributed by atoms with van der Waals surface area (Å²) >= 11 is 2.44. The van der Waals surface area contributed by atoms with Gasteiger partial charge in [-0.05, 0) is 12.1 Å². The van der Waals surface area contributed by atoms with Gasteiger partial charge >= 0.3 is 5.97 Å². The van der Waals surface area contributed by atoms with Crippen LogP contribution < -0.4 is 0 Å². The molecule has 3 atom stereocenters. The molecule has 6 nitrogen and oxygen atoms in total. The predicted octanol–water partition coefficient (Wildman–Crippen LogP) is 3.52. The number of benzene rings is 1. The van der Waals surface area contributed by atoms with Gasteiger partial charge in [0.15, 0.2) is 0 Å². The largest absolute Gasteiger partial charge is 0.480 e. The molecule has 1 aliphatic rings. The zero-order valence-electron chi connectivity index (χ0n) is 14.6. The molecule has 0 radical (unpaired) electrons. The molecule has 2 aromatic rings. The average Bonchev–Trinajstić information content (AvgIpc) is 3.35. The van der Waals surface area contributed by atoms with Gasteiger partial charge in [0.1, 0.15) is 17.2 Å². The Morgan fingerprint density at radius 2 is 2.00 bits per heavy atom. The number of aliphatic carboxylic acids is 1. The van der Waals surface area contributed by atoms with Gasteiger partial charge < -0.3 is 14.4 Å². The van der Waals surface area contributed by atoms with Crippen LogP contribution >= 0.6 is 23.5 Å². The molecular weight excluding hydrogens is 386 g/mol. The topological polar surface area (TPSA) is 87.8 Å². The van der Waals surface area contributed by atoms with Gasteiger partial charge in [-0.25, -0.2) is 4.79 Å². The Morgan fingerprint density at radius 1 is 1.26 bits per heavy atom. The number of amides is 1. The smallest absolute Gasteiger partial charge is 0.327 e. The van der Waals surface area contributed by atoms with Crippen LogP contribution in [0.2, 0.25) is 0 Å². The Bertz CT molecular complexity index is 809. The highest BCUT2D eigenvalue weighted by Gasteiger charge is 2.44. The fraction of sp³-hybridized carbons (Fsp3) is 0.316. The molecular formula is C19H19NO5S2. The number of carbonyl (C=O) groups is 3. The summed E-state index contributed by atoms with van der Waals surface area (Å²) in [7, 11) is 0. The number of carboxylic acid groups (broad SMARTS) is 1. The highest BCUT2D eigenvalue weighted by molar-refractivity contribution is 8.14. The molecule has 3 rings (SSSR count). The summed E-state index contributed by atoms with van der Waals surface area (Å²) in [6.45, 7) is 1.72. The summed E-state index contributed by atoms with van der Waals surface area (Å²) in [5.41, 5.74) is 0.579. The van der Waals surface area contributed by atoms with Crippen LogP contribution in [-0.4, -0.2) is 44.5 Å². The van der Waals surface area contributed by atoms with Crippen LogP contribution in [0.3, 0.4) is 0 Å². The molecule has 0 spiro atoms. The van der Waals surface area contributed by atoms with E-state index in [1.165, 1.54) is 22.9 Å². The molecule has 142 valence electrons. The molecule has 1 fully saturated rings. The lowest BCUT2D eigenvalue weighted by atomic mass is 10.1. The number of rotatable bonds is 6. The summed E-state index contributed by atoms with van der Waals surface area (Å²) in [5, 5.41) is 8.92. The van der Waals surface area contributed by atoms with Crippen molar-refractivity contribution in [2.45, 2.75) is 18.3 Å². The van der Waals surface area contributed by atoms with Crippen LogP contribution in [0.4, 0.5) is 0 Å². The predicted molar refractivity (Wildman–Crippen MR) is 105 cm³/mol. The van der Waals surface area contributed by atoms with Crippen molar-refractivity contribution in [1.29, 1.82) is 0 Å². The molecule has 1 aliphatic heterocycles. The second kappa shape index (κ2) is 8.67. The van der Waals surface area contributed by atoms with Crippen molar-refractivity contribution >= 4 is 40.5 Å². The molecule has 1 amide bonds. The van der Waals surface area contributed by atoms with Crippen LogP contribution in [0.1, 0.15) is 28.4 Å². The fourth-order valence-electron chi connectivity index (χ4n) is 2.80. The number of carboxylic acids is 1. The van der Waals surface area contributed by atoms with Gasteiger partial charge in [-0.1, -0.05) is 49.0 Å². The minimum Gasteiger partial charge on any atom is -0.480 e. The van der Waals surface area contributed by atoms with Gasteiger partial charge in [0.05, 0.1) is 6.26 Å². The standard InChI is InChI=1S/C19H19NO5S2/c1-12(10-27-19(24)13-6-3-2-4-7-13)16(21)20-14(18(22)23)11-26-17(20)15-8-5-9-25-15/h2-9,12,14,17H,10-11H2,1H3,(H,22,23)/t12?,14-,17?/m0/s1. The Labute approximate surface area is 165 Å². The van der Waals surface area contributed by atoms with E-state index < -0.39 is 23.3 Å². The quantitative estimate of drug-likeness (QED) is 0.787. The molecule has 1 N–H and O–H groups in total. The van der Waals surface area contributed by atoms with Crippen molar-refractivity contribution < 1.29 is 23.9 Å². The van der Waals surface area contributed by atoms with Crippen molar-refractivity contribution in [1.82, 2.24) is 4.90 Å². The third kappa shape index (κ3) is 4.39. The molecule has 0 bridgehead atoms. The Balaban J connectivity index is 1.69. The minimum atomic E-state index is -1.04. The Kier molecular flexibility index (Phi) is 6.28. The van der Waals surface area contributed by atoms with Gasteiger partial charge in [0, 0.05) is 23.0 Å². The van der Waals surface area contributed by atoms with Crippen molar-refractivity contribution in [3.8, 4) is 0 Å². The summed E-state index contributed by atoms with van der Waals surface area (Å²) in [6, 6.07) is 11.4. The van der Waals surface area contributed by atoms with Crippen molar-refractivity contribution in [3.63, 3.8) is 0 Å². The molecule has 1 saturated heterocycles. The summed E-state index contributed by atoms with van der Waals surface area (Å²) in [6.07, 6.45) is 1.50. The van der Waals surface area contributed by atoms with Crippen LogP contribution in [0.25, 0.3) is 0 Å². The number of thioether (sulfide) groups is 2. The van der Waals surface area contributed by atoms with Gasteiger partial charge in [0.25, 0.3) is 0 Å². The molecule has 2 unspecified atom stereocenters. The third-order valence-corrected chi connectivity index (χ3v) is 6.67. The maximum atomic E-state index is 13.0. The van der Waals surface area contributed by atoms with Crippen LogP contribution in [0.15, 0.2) is 53.1 Å². The Morgan fingerprint density at radius 3 is 2.63 bits per heavy atom. The second-order valence-corrected chi connectivity index (χ2v) is 8.27. The SMILES string of the molecule is CC(CSC(=O)c1ccccc1)C(=O)N1C(c2ccco2)SC[C@H]1C(=O)O. The Hall–Kier alpha value is -2.19. The average molecular weight is 405 g/mol. The van der Waals surface area contributed by atoms with Crippen molar-refractivity contribution in [2.75, 3.05) is 11.5 Å². The van der Waals surface area contributed by atoms with E-state index in [-0.39, 0.29) is 16.8 Å². The monoisotopic (exact) mass is 405 g/mol. The lowest BCUT2D eigenvalue weighted by molar-refractivity contribution is -0.150. The number of hydrogen-bond donors (Lipinski definition) is 1. The van der Waals surface area contributed by atoms with E-state index in [0.29, 0.717) is 17.1 Å². The van der Waals surface area contributed by atoms with E-state index in [1.807, 2.05) is 6.07 Å². The number of carbonyl (C=O) groups excluding carboxylic acids is 2. The van der Waals surface area contributed by atoms with E-state index in [0.717, 1.165) is 11.8 Å². The molecule has 2 heterocycles. The zero-order valence-corrected chi connectivity index (χ0v) is 16.2. The first kappa shape index (κ1) is 19.6. The van der Waals surface area contributed by atoms with E-state index in [9.17, 15) is 19.5 Å². The summed E-state index contributed by atoms with van der Waals surface area (Å²) < 4.78 is 5.39. The summed E-state index contributed by atoms with van der Waals surface area (Å²) in [4.78, 5) is 38.2. The second-order valence-electron chi connectivity index (χ2n) is 6.17. The number of furan rings is 1. The molecule has 0 aliphatic carbocycles. The van der Waals surface area contributed by atoms with E-state index in [2.05, 4.69) is 0 Å². The van der Waals surface area contributed by atoms with Gasteiger partial charge in [-0.2, -0.15) is 0 Å². The number of hydrogen-bond acceptors (Lipinski definition) is 6. The van der Waals surface area contributed by atoms with E-state index in [1.54, 1.807) is 43.3 Å². The van der Waals surface area contributed by atoms with Gasteiger partial charge in [-0.15, -0.1) is 11.8 Å². The first-order valence-corrected chi connectivity index (χ1v) is 10.4. The highest BCUT2D eigenvalue weighted by Crippen LogP contribution is 2.42. The lowest BCUT2D eigenvalue weighted by Gasteiger charge is -2.28. The maximum Gasteiger partial charge on any atom is 0.327 e.